The molecule has 1 N–H and O–H groups in total. The molecule has 0 saturated heterocycles. The molecule has 0 radical (unpaired) electrons. The average Bonchev–Trinajstić information content (AvgIpc) is 2.65. The van der Waals surface area contributed by atoms with Crippen LogP contribution in [0.2, 0.25) is 0 Å². The molecule has 0 aliphatic heterocycles. The first-order chi connectivity index (χ1) is 12.2. The van der Waals surface area contributed by atoms with Gasteiger partial charge in [-0.25, -0.2) is 4.79 Å². The van der Waals surface area contributed by atoms with E-state index < -0.39 is 5.97 Å². The van der Waals surface area contributed by atoms with Crippen LogP contribution in [0.15, 0.2) is 78.9 Å². The van der Waals surface area contributed by atoms with Gasteiger partial charge in [-0.2, -0.15) is 0 Å². The zero-order valence-electron chi connectivity index (χ0n) is 13.5. The van der Waals surface area contributed by atoms with Gasteiger partial charge in [-0.15, -0.1) is 0 Å². The molecule has 4 rings (SSSR count). The van der Waals surface area contributed by atoms with Gasteiger partial charge < -0.3 is 9.84 Å². The Hall–Kier alpha value is -1.69. The van der Waals surface area contributed by atoms with Crippen molar-refractivity contribution in [2.24, 2.45) is 0 Å². The van der Waals surface area contributed by atoms with Crippen LogP contribution in [0.1, 0.15) is 0 Å². The first kappa shape index (κ1) is 19.1. The molecule has 124 valence electrons. The molecule has 0 atom stereocenters. The van der Waals surface area contributed by atoms with Crippen LogP contribution in [-0.4, -0.2) is 69.1 Å². The summed E-state index contributed by atoms with van der Waals surface area (Å²) in [5.41, 5.74) is 1.96. The van der Waals surface area contributed by atoms with E-state index in [1.54, 1.807) is 0 Å². The summed E-state index contributed by atoms with van der Waals surface area (Å²) in [6, 6.07) is 26.2. The molecule has 0 heterocycles. The van der Waals surface area contributed by atoms with Crippen LogP contribution in [0.5, 0.6) is 5.75 Å². The predicted octanol–water partition coefficient (Wildman–Crippen LogP) is 4.47. The Balaban J connectivity index is 0.00000196. The van der Waals surface area contributed by atoms with Crippen molar-refractivity contribution < 1.29 is 14.6 Å². The Morgan fingerprint density at radius 2 is 1.38 bits per heavy atom. The van der Waals surface area contributed by atoms with Crippen LogP contribution >= 0.6 is 0 Å². The van der Waals surface area contributed by atoms with E-state index in [4.69, 9.17) is 9.84 Å². The second-order valence-electron chi connectivity index (χ2n) is 5.87. The molecule has 0 bridgehead atoms. The molecule has 0 aromatic heterocycles. The van der Waals surface area contributed by atoms with E-state index in [1.807, 2.05) is 54.6 Å². The van der Waals surface area contributed by atoms with Crippen LogP contribution in [0.4, 0.5) is 0 Å². The molecule has 0 spiro atoms. The average molecular weight is 368 g/mol. The zero-order valence-corrected chi connectivity index (χ0v) is 13.5. The van der Waals surface area contributed by atoms with E-state index in [0.717, 1.165) is 32.7 Å². The Labute approximate surface area is 194 Å². The maximum absolute atomic E-state index is 11.0. The van der Waals surface area contributed by atoms with Crippen LogP contribution in [0.3, 0.4) is 0 Å². The summed E-state index contributed by atoms with van der Waals surface area (Å²) in [5, 5.41) is 13.4. The summed E-state index contributed by atoms with van der Waals surface area (Å²) < 4.78 is 5.61. The molecule has 4 aromatic rings. The van der Waals surface area contributed by atoms with Crippen molar-refractivity contribution >= 4 is 78.9 Å². The molecule has 4 aromatic carbocycles. The SMILES string of the molecule is O=C(O)COc1ccc2ccccc2c1-c1cccc2ccccc12.[KH]. The summed E-state index contributed by atoms with van der Waals surface area (Å²) in [4.78, 5) is 11.0. The second-order valence-corrected chi connectivity index (χ2v) is 5.87. The Bertz CT molecular complexity index is 1080. The van der Waals surface area contributed by atoms with Gasteiger partial charge in [-0.05, 0) is 33.2 Å². The maximum atomic E-state index is 11.0. The number of carbonyl (C=O) groups is 1. The van der Waals surface area contributed by atoms with Gasteiger partial charge >= 0.3 is 57.4 Å². The number of hydrogen-bond acceptors (Lipinski definition) is 2. The van der Waals surface area contributed by atoms with E-state index in [0.29, 0.717) is 5.75 Å². The van der Waals surface area contributed by atoms with Gasteiger partial charge in [0.15, 0.2) is 6.61 Å². The number of carboxylic acid groups (broad SMARTS) is 1. The van der Waals surface area contributed by atoms with Gasteiger partial charge in [0.25, 0.3) is 0 Å². The van der Waals surface area contributed by atoms with Crippen molar-refractivity contribution in [3.8, 4) is 16.9 Å². The van der Waals surface area contributed by atoms with Crippen molar-refractivity contribution in [3.63, 3.8) is 0 Å². The van der Waals surface area contributed by atoms with E-state index in [-0.39, 0.29) is 58.0 Å². The fourth-order valence-electron chi connectivity index (χ4n) is 3.23. The topological polar surface area (TPSA) is 46.5 Å². The third-order valence-corrected chi connectivity index (χ3v) is 4.30. The molecule has 0 unspecified atom stereocenters. The van der Waals surface area contributed by atoms with Gasteiger partial charge in [0.1, 0.15) is 5.75 Å². The molecule has 4 heteroatoms. The first-order valence-electron chi connectivity index (χ1n) is 8.08. The van der Waals surface area contributed by atoms with Crippen LogP contribution in [0.25, 0.3) is 32.7 Å². The number of hydrogen-bond donors (Lipinski definition) is 1. The molecule has 0 aliphatic carbocycles. The van der Waals surface area contributed by atoms with Crippen LogP contribution < -0.4 is 4.74 Å². The predicted molar refractivity (Wildman–Crippen MR) is 107 cm³/mol. The van der Waals surface area contributed by atoms with E-state index in [2.05, 4.69) is 24.3 Å². The standard InChI is InChI=1S/C22H16O3.K.H/c23-21(24)14-25-20-13-12-16-7-2-4-10-18(16)22(20)19-11-5-8-15-6-1-3-9-17(15)19;;/h1-13H,14H2,(H,23,24);;. The second kappa shape index (κ2) is 8.33. The monoisotopic (exact) mass is 368 g/mol. The normalized spacial score (nSPS) is 10.5. The summed E-state index contributed by atoms with van der Waals surface area (Å²) >= 11 is 0. The van der Waals surface area contributed by atoms with Crippen molar-refractivity contribution in [1.29, 1.82) is 0 Å². The minimum atomic E-state index is -0.989. The Morgan fingerprint density at radius 1 is 0.769 bits per heavy atom. The van der Waals surface area contributed by atoms with E-state index in [9.17, 15) is 4.79 Å². The van der Waals surface area contributed by atoms with Gasteiger partial charge in [0, 0.05) is 5.56 Å². The fraction of sp³-hybridized carbons (Fsp3) is 0.0455. The van der Waals surface area contributed by atoms with E-state index in [1.165, 1.54) is 0 Å². The van der Waals surface area contributed by atoms with Gasteiger partial charge in [-0.1, -0.05) is 72.8 Å². The first-order valence-corrected chi connectivity index (χ1v) is 8.08. The molecule has 3 nitrogen and oxygen atoms in total. The quantitative estimate of drug-likeness (QED) is 0.541. The summed E-state index contributed by atoms with van der Waals surface area (Å²) in [5.74, 6) is -0.408. The van der Waals surface area contributed by atoms with Gasteiger partial charge in [0.05, 0.1) is 0 Å². The third-order valence-electron chi connectivity index (χ3n) is 4.30. The molecule has 0 saturated carbocycles. The molecule has 26 heavy (non-hydrogen) atoms. The number of fused-ring (bicyclic) bond motifs is 2. The Morgan fingerprint density at radius 3 is 2.12 bits per heavy atom. The molecular formula is C22H17KO3. The Kier molecular flexibility index (Phi) is 6.11. The number of rotatable bonds is 4. The third kappa shape index (κ3) is 3.70. The minimum absolute atomic E-state index is 0. The molecular weight excluding hydrogens is 351 g/mol. The van der Waals surface area contributed by atoms with Gasteiger partial charge in [0.2, 0.25) is 0 Å². The van der Waals surface area contributed by atoms with Crippen LogP contribution in [0, 0.1) is 0 Å². The zero-order chi connectivity index (χ0) is 17.2. The van der Waals surface area contributed by atoms with Crippen molar-refractivity contribution in [3.05, 3.63) is 78.9 Å². The summed E-state index contributed by atoms with van der Waals surface area (Å²) in [7, 11) is 0. The number of benzene rings is 4. The number of ether oxygens (including phenoxy) is 1. The van der Waals surface area contributed by atoms with Crippen molar-refractivity contribution in [2.75, 3.05) is 6.61 Å². The summed E-state index contributed by atoms with van der Waals surface area (Å²) in [6.45, 7) is -0.365. The van der Waals surface area contributed by atoms with E-state index >= 15 is 0 Å². The van der Waals surface area contributed by atoms with Gasteiger partial charge in [-0.3, -0.25) is 0 Å². The number of aliphatic carboxylic acids is 1. The fourth-order valence-corrected chi connectivity index (χ4v) is 3.23. The van der Waals surface area contributed by atoms with Crippen molar-refractivity contribution in [2.45, 2.75) is 0 Å². The number of carboxylic acids is 1. The molecule has 0 aliphatic rings. The summed E-state index contributed by atoms with van der Waals surface area (Å²) in [6.07, 6.45) is 0. The molecule has 0 fully saturated rings. The van der Waals surface area contributed by atoms with Crippen molar-refractivity contribution in [1.82, 2.24) is 0 Å². The molecule has 0 amide bonds. The van der Waals surface area contributed by atoms with Crippen LogP contribution in [-0.2, 0) is 4.79 Å².